The Kier molecular flexibility index (Phi) is 3.49. The van der Waals surface area contributed by atoms with Gasteiger partial charge in [-0.3, -0.25) is 4.79 Å². The molecule has 2 rings (SSSR count). The molecular formula is C11H6Cl2O2S. The van der Waals surface area contributed by atoms with E-state index in [0.29, 0.717) is 25.7 Å². The monoisotopic (exact) mass is 272 g/mol. The van der Waals surface area contributed by atoms with Crippen molar-refractivity contribution >= 4 is 40.8 Å². The van der Waals surface area contributed by atoms with E-state index in [1.807, 2.05) is 0 Å². The first-order valence-corrected chi connectivity index (χ1v) is 5.95. The van der Waals surface area contributed by atoms with Gasteiger partial charge in [0, 0.05) is 0 Å². The first kappa shape index (κ1) is 11.5. The van der Waals surface area contributed by atoms with Gasteiger partial charge in [0.15, 0.2) is 11.3 Å². The molecule has 0 atom stereocenters. The minimum atomic E-state index is 0.366. The highest BCUT2D eigenvalue weighted by Crippen LogP contribution is 2.36. The van der Waals surface area contributed by atoms with Crippen molar-refractivity contribution < 1.29 is 9.53 Å². The molecule has 0 aliphatic carbocycles. The smallest absolute Gasteiger partial charge is 0.181 e. The lowest BCUT2D eigenvalue weighted by atomic mass is 10.3. The van der Waals surface area contributed by atoms with Crippen molar-refractivity contribution in [2.75, 3.05) is 0 Å². The van der Waals surface area contributed by atoms with Crippen LogP contribution in [0.25, 0.3) is 0 Å². The minimum Gasteiger partial charge on any atom is -0.445 e. The van der Waals surface area contributed by atoms with Crippen molar-refractivity contribution in [2.45, 2.75) is 0 Å². The Hall–Kier alpha value is -1.03. The second-order valence-electron chi connectivity index (χ2n) is 2.93. The summed E-state index contributed by atoms with van der Waals surface area (Å²) < 4.78 is 5.52. The normalized spacial score (nSPS) is 10.1. The molecule has 0 fully saturated rings. The lowest BCUT2D eigenvalue weighted by Gasteiger charge is -2.05. The summed E-state index contributed by atoms with van der Waals surface area (Å²) in [6.07, 6.45) is 0.775. The van der Waals surface area contributed by atoms with Crippen molar-refractivity contribution in [2.24, 2.45) is 0 Å². The van der Waals surface area contributed by atoms with Crippen LogP contribution in [0.15, 0.2) is 30.3 Å². The number of rotatable bonds is 3. The summed E-state index contributed by atoms with van der Waals surface area (Å²) in [7, 11) is 0. The van der Waals surface area contributed by atoms with E-state index in [2.05, 4.69) is 0 Å². The Morgan fingerprint density at radius 2 is 2.00 bits per heavy atom. The Labute approximate surface area is 106 Å². The van der Waals surface area contributed by atoms with Crippen molar-refractivity contribution in [3.63, 3.8) is 0 Å². The third-order valence-electron chi connectivity index (χ3n) is 1.84. The maximum Gasteiger partial charge on any atom is 0.181 e. The highest BCUT2D eigenvalue weighted by molar-refractivity contribution is 7.15. The van der Waals surface area contributed by atoms with Gasteiger partial charge in [-0.25, -0.2) is 0 Å². The quantitative estimate of drug-likeness (QED) is 0.760. The van der Waals surface area contributed by atoms with Gasteiger partial charge < -0.3 is 4.74 Å². The average Bonchev–Trinajstić information content (AvgIpc) is 2.73. The number of hydrogen-bond acceptors (Lipinski definition) is 3. The van der Waals surface area contributed by atoms with Gasteiger partial charge in [0.25, 0.3) is 0 Å². The predicted molar refractivity (Wildman–Crippen MR) is 66.2 cm³/mol. The van der Waals surface area contributed by atoms with Crippen molar-refractivity contribution in [3.8, 4) is 10.8 Å². The fourth-order valence-electron chi connectivity index (χ4n) is 1.12. The van der Waals surface area contributed by atoms with Crippen LogP contribution in [-0.4, -0.2) is 6.29 Å². The van der Waals surface area contributed by atoms with Gasteiger partial charge in [-0.2, -0.15) is 0 Å². The molecule has 0 aliphatic rings. The summed E-state index contributed by atoms with van der Waals surface area (Å²) in [6, 6.07) is 8.55. The highest BCUT2D eigenvalue weighted by Gasteiger charge is 2.08. The molecule has 0 spiro atoms. The topological polar surface area (TPSA) is 26.3 Å². The highest BCUT2D eigenvalue weighted by atomic mass is 35.5. The van der Waals surface area contributed by atoms with Crippen molar-refractivity contribution in [1.29, 1.82) is 0 Å². The molecule has 0 amide bonds. The third kappa shape index (κ3) is 2.38. The Morgan fingerprint density at radius 3 is 2.69 bits per heavy atom. The molecule has 82 valence electrons. The van der Waals surface area contributed by atoms with E-state index in [-0.39, 0.29) is 0 Å². The SMILES string of the molecule is O=Cc1ccc(Oc2cccc(Cl)c2Cl)s1. The Morgan fingerprint density at radius 1 is 1.19 bits per heavy atom. The minimum absolute atomic E-state index is 0.366. The Balaban J connectivity index is 2.26. The molecule has 0 saturated carbocycles. The number of carbonyl (C=O) groups is 1. The number of aldehydes is 1. The average molecular weight is 273 g/mol. The van der Waals surface area contributed by atoms with Crippen molar-refractivity contribution in [3.05, 3.63) is 45.3 Å². The summed E-state index contributed by atoms with van der Waals surface area (Å²) in [5.41, 5.74) is 0. The Bertz CT molecular complexity index is 522. The van der Waals surface area contributed by atoms with Crippen LogP contribution >= 0.6 is 34.5 Å². The lowest BCUT2D eigenvalue weighted by Crippen LogP contribution is -1.82. The maximum atomic E-state index is 10.5. The van der Waals surface area contributed by atoms with E-state index < -0.39 is 0 Å². The van der Waals surface area contributed by atoms with Gasteiger partial charge in [0.2, 0.25) is 0 Å². The largest absolute Gasteiger partial charge is 0.445 e. The summed E-state index contributed by atoms with van der Waals surface area (Å²) in [5.74, 6) is 0.480. The van der Waals surface area contributed by atoms with Gasteiger partial charge in [0.05, 0.1) is 9.90 Å². The molecule has 5 heteroatoms. The maximum absolute atomic E-state index is 10.5. The van der Waals surface area contributed by atoms with Gasteiger partial charge in [-0.15, -0.1) is 0 Å². The van der Waals surface area contributed by atoms with Crippen LogP contribution in [0.3, 0.4) is 0 Å². The molecule has 1 heterocycles. The van der Waals surface area contributed by atoms with E-state index in [1.54, 1.807) is 30.3 Å². The van der Waals surface area contributed by atoms with Gasteiger partial charge in [-0.05, 0) is 24.3 Å². The molecule has 0 unspecified atom stereocenters. The predicted octanol–water partition coefficient (Wildman–Crippen LogP) is 4.66. The van der Waals surface area contributed by atoms with Crippen LogP contribution in [0.5, 0.6) is 10.8 Å². The molecular weight excluding hydrogens is 267 g/mol. The summed E-state index contributed by atoms with van der Waals surface area (Å²) in [5, 5.41) is 1.41. The molecule has 1 aromatic heterocycles. The van der Waals surface area contributed by atoms with Gasteiger partial charge in [-0.1, -0.05) is 40.6 Å². The number of ether oxygens (including phenoxy) is 1. The van der Waals surface area contributed by atoms with E-state index in [9.17, 15) is 4.79 Å². The number of thiophene rings is 1. The molecule has 1 aromatic carbocycles. The van der Waals surface area contributed by atoms with Crippen LogP contribution in [0.2, 0.25) is 10.0 Å². The van der Waals surface area contributed by atoms with E-state index in [0.717, 1.165) is 6.29 Å². The molecule has 0 aliphatic heterocycles. The van der Waals surface area contributed by atoms with Crippen LogP contribution in [0.1, 0.15) is 9.67 Å². The summed E-state index contributed by atoms with van der Waals surface area (Å²) in [6.45, 7) is 0. The standard InChI is InChI=1S/C11H6Cl2O2S/c12-8-2-1-3-9(11(8)13)15-10-5-4-7(6-14)16-10/h1-6H. The number of halogens is 2. The van der Waals surface area contributed by atoms with Crippen LogP contribution < -0.4 is 4.74 Å². The molecule has 0 radical (unpaired) electrons. The fourth-order valence-corrected chi connectivity index (χ4v) is 2.14. The van der Waals surface area contributed by atoms with E-state index >= 15 is 0 Å². The van der Waals surface area contributed by atoms with Crippen LogP contribution in [0, 0.1) is 0 Å². The molecule has 2 nitrogen and oxygen atoms in total. The third-order valence-corrected chi connectivity index (χ3v) is 3.54. The second-order valence-corrected chi connectivity index (χ2v) is 4.79. The summed E-state index contributed by atoms with van der Waals surface area (Å²) in [4.78, 5) is 11.1. The molecule has 0 bridgehead atoms. The number of carbonyl (C=O) groups excluding carboxylic acids is 1. The number of hydrogen-bond donors (Lipinski definition) is 0. The first-order chi connectivity index (χ1) is 7.70. The second kappa shape index (κ2) is 4.87. The van der Waals surface area contributed by atoms with E-state index in [1.165, 1.54) is 11.3 Å². The first-order valence-electron chi connectivity index (χ1n) is 4.37. The molecule has 0 N–H and O–H groups in total. The zero-order valence-electron chi connectivity index (χ0n) is 7.94. The van der Waals surface area contributed by atoms with Crippen LogP contribution in [0.4, 0.5) is 0 Å². The lowest BCUT2D eigenvalue weighted by molar-refractivity contribution is 0.112. The fraction of sp³-hybridized carbons (Fsp3) is 0. The summed E-state index contributed by atoms with van der Waals surface area (Å²) >= 11 is 13.1. The molecule has 16 heavy (non-hydrogen) atoms. The molecule has 2 aromatic rings. The van der Waals surface area contributed by atoms with Crippen LogP contribution in [-0.2, 0) is 0 Å². The zero-order valence-corrected chi connectivity index (χ0v) is 10.3. The molecule has 0 saturated heterocycles. The number of benzene rings is 1. The van der Waals surface area contributed by atoms with E-state index in [4.69, 9.17) is 27.9 Å². The van der Waals surface area contributed by atoms with Gasteiger partial charge >= 0.3 is 0 Å². The van der Waals surface area contributed by atoms with Crippen molar-refractivity contribution in [1.82, 2.24) is 0 Å². The zero-order chi connectivity index (χ0) is 11.5. The van der Waals surface area contributed by atoms with Gasteiger partial charge in [0.1, 0.15) is 10.8 Å².